The third-order valence-corrected chi connectivity index (χ3v) is 4.05. The molecule has 0 bridgehead atoms. The predicted octanol–water partition coefficient (Wildman–Crippen LogP) is 1.68. The van der Waals surface area contributed by atoms with E-state index in [0.29, 0.717) is 5.54 Å². The zero-order chi connectivity index (χ0) is 11.5. The molecular weight excluding hydrogens is 200 g/mol. The number of piperidine rings is 1. The molecule has 2 unspecified atom stereocenters. The average molecular weight is 226 g/mol. The lowest BCUT2D eigenvalue weighted by molar-refractivity contribution is 0.0245. The summed E-state index contributed by atoms with van der Waals surface area (Å²) >= 11 is 0. The van der Waals surface area contributed by atoms with Crippen molar-refractivity contribution in [1.29, 1.82) is 0 Å². The first-order valence-electron chi connectivity index (χ1n) is 6.70. The first kappa shape index (κ1) is 12.3. The number of hydrogen-bond donors (Lipinski definition) is 2. The summed E-state index contributed by atoms with van der Waals surface area (Å²) in [4.78, 5) is 0. The Kier molecular flexibility index (Phi) is 3.88. The van der Waals surface area contributed by atoms with Gasteiger partial charge in [-0.3, -0.25) is 0 Å². The fourth-order valence-corrected chi connectivity index (χ4v) is 2.75. The molecule has 0 aliphatic carbocycles. The van der Waals surface area contributed by atoms with Crippen molar-refractivity contribution >= 4 is 0 Å². The second-order valence-corrected chi connectivity index (χ2v) is 6.01. The van der Waals surface area contributed by atoms with Gasteiger partial charge in [-0.25, -0.2) is 0 Å². The Balaban J connectivity index is 1.80. The van der Waals surface area contributed by atoms with Crippen LogP contribution in [0.3, 0.4) is 0 Å². The molecular formula is C13H26N2O. The van der Waals surface area contributed by atoms with Crippen LogP contribution in [0.25, 0.3) is 0 Å². The third kappa shape index (κ3) is 3.19. The fourth-order valence-electron chi connectivity index (χ4n) is 2.75. The van der Waals surface area contributed by atoms with E-state index in [1.807, 2.05) is 0 Å². The second kappa shape index (κ2) is 5.03. The Bertz CT molecular complexity index is 194. The number of ether oxygens (including phenoxy) is 1. The Morgan fingerprint density at radius 1 is 1.19 bits per heavy atom. The van der Waals surface area contributed by atoms with E-state index in [1.165, 1.54) is 38.6 Å². The summed E-state index contributed by atoms with van der Waals surface area (Å²) in [7, 11) is 0. The maximum Gasteiger partial charge on any atom is 0.0645 e. The number of rotatable bonds is 3. The van der Waals surface area contributed by atoms with Gasteiger partial charge in [0.25, 0.3) is 0 Å². The van der Waals surface area contributed by atoms with Crippen LogP contribution in [-0.4, -0.2) is 37.4 Å². The molecule has 16 heavy (non-hydrogen) atoms. The molecule has 3 heteroatoms. The van der Waals surface area contributed by atoms with Crippen LogP contribution in [0.1, 0.15) is 46.0 Å². The van der Waals surface area contributed by atoms with Gasteiger partial charge >= 0.3 is 0 Å². The van der Waals surface area contributed by atoms with Gasteiger partial charge in [-0.2, -0.15) is 0 Å². The van der Waals surface area contributed by atoms with Gasteiger partial charge in [0.05, 0.1) is 6.61 Å². The highest BCUT2D eigenvalue weighted by Gasteiger charge is 2.32. The van der Waals surface area contributed by atoms with Gasteiger partial charge in [-0.15, -0.1) is 0 Å². The molecule has 2 aliphatic rings. The standard InChI is InChI=1S/C13H26N2O/c1-12(6-3-4-8-14-12)10-15-13(2)7-5-9-16-11-13/h14-15H,3-11H2,1-2H3. The molecule has 94 valence electrons. The summed E-state index contributed by atoms with van der Waals surface area (Å²) < 4.78 is 5.58. The van der Waals surface area contributed by atoms with Crippen molar-refractivity contribution in [3.8, 4) is 0 Å². The Morgan fingerprint density at radius 3 is 2.69 bits per heavy atom. The number of nitrogens with one attached hydrogen (secondary N) is 2. The molecule has 0 aromatic heterocycles. The predicted molar refractivity (Wildman–Crippen MR) is 66.7 cm³/mol. The number of hydrogen-bond acceptors (Lipinski definition) is 3. The maximum atomic E-state index is 5.58. The minimum absolute atomic E-state index is 0.195. The highest BCUT2D eigenvalue weighted by atomic mass is 16.5. The van der Waals surface area contributed by atoms with Crippen molar-refractivity contribution in [1.82, 2.24) is 10.6 Å². The van der Waals surface area contributed by atoms with Crippen molar-refractivity contribution in [2.45, 2.75) is 57.0 Å². The molecule has 0 radical (unpaired) electrons. The summed E-state index contributed by atoms with van der Waals surface area (Å²) in [5.74, 6) is 0. The molecule has 2 rings (SSSR count). The van der Waals surface area contributed by atoms with Gasteiger partial charge < -0.3 is 15.4 Å². The van der Waals surface area contributed by atoms with E-state index in [0.717, 1.165) is 19.8 Å². The van der Waals surface area contributed by atoms with E-state index in [2.05, 4.69) is 24.5 Å². The zero-order valence-electron chi connectivity index (χ0n) is 10.8. The Labute approximate surface area is 99.3 Å². The topological polar surface area (TPSA) is 33.3 Å². The molecule has 3 nitrogen and oxygen atoms in total. The normalized spacial score (nSPS) is 40.9. The molecule has 2 N–H and O–H groups in total. The monoisotopic (exact) mass is 226 g/mol. The smallest absolute Gasteiger partial charge is 0.0645 e. The first-order chi connectivity index (χ1) is 7.62. The minimum Gasteiger partial charge on any atom is -0.380 e. The van der Waals surface area contributed by atoms with Crippen molar-refractivity contribution in [2.75, 3.05) is 26.3 Å². The molecule has 2 saturated heterocycles. The molecule has 0 saturated carbocycles. The first-order valence-corrected chi connectivity index (χ1v) is 6.70. The molecule has 2 aliphatic heterocycles. The Morgan fingerprint density at radius 2 is 2.06 bits per heavy atom. The van der Waals surface area contributed by atoms with Crippen LogP contribution in [0.4, 0.5) is 0 Å². The molecule has 0 spiro atoms. The van der Waals surface area contributed by atoms with Crippen LogP contribution in [-0.2, 0) is 4.74 Å². The van der Waals surface area contributed by atoms with Gasteiger partial charge in [-0.05, 0) is 46.1 Å². The van der Waals surface area contributed by atoms with Gasteiger partial charge in [-0.1, -0.05) is 6.42 Å². The molecule has 0 aromatic carbocycles. The zero-order valence-corrected chi connectivity index (χ0v) is 10.8. The highest BCUT2D eigenvalue weighted by Crippen LogP contribution is 2.22. The van der Waals surface area contributed by atoms with Crippen LogP contribution < -0.4 is 10.6 Å². The van der Waals surface area contributed by atoms with Crippen LogP contribution >= 0.6 is 0 Å². The van der Waals surface area contributed by atoms with Gasteiger partial charge in [0.15, 0.2) is 0 Å². The van der Waals surface area contributed by atoms with Gasteiger partial charge in [0, 0.05) is 24.2 Å². The summed E-state index contributed by atoms with van der Waals surface area (Å²) in [5, 5.41) is 7.37. The van der Waals surface area contributed by atoms with E-state index in [9.17, 15) is 0 Å². The van der Waals surface area contributed by atoms with Gasteiger partial charge in [0.2, 0.25) is 0 Å². The summed E-state index contributed by atoms with van der Waals surface area (Å²) in [6.07, 6.45) is 6.40. The van der Waals surface area contributed by atoms with E-state index < -0.39 is 0 Å². The summed E-state index contributed by atoms with van der Waals surface area (Å²) in [6, 6.07) is 0. The molecule has 2 atom stereocenters. The van der Waals surface area contributed by atoms with E-state index in [4.69, 9.17) is 4.74 Å². The molecule has 0 aromatic rings. The largest absolute Gasteiger partial charge is 0.380 e. The van der Waals surface area contributed by atoms with Crippen molar-refractivity contribution in [3.05, 3.63) is 0 Å². The van der Waals surface area contributed by atoms with Crippen LogP contribution in [0.2, 0.25) is 0 Å². The third-order valence-electron chi connectivity index (χ3n) is 4.05. The minimum atomic E-state index is 0.195. The van der Waals surface area contributed by atoms with Gasteiger partial charge in [0.1, 0.15) is 0 Å². The second-order valence-electron chi connectivity index (χ2n) is 6.01. The highest BCUT2D eigenvalue weighted by molar-refractivity contribution is 4.93. The molecule has 2 fully saturated rings. The summed E-state index contributed by atoms with van der Waals surface area (Å²) in [6.45, 7) is 8.67. The average Bonchev–Trinajstić information content (AvgIpc) is 2.29. The Hall–Kier alpha value is -0.120. The fraction of sp³-hybridized carbons (Fsp3) is 1.00. The van der Waals surface area contributed by atoms with E-state index >= 15 is 0 Å². The lowest BCUT2D eigenvalue weighted by Crippen LogP contribution is -2.59. The lowest BCUT2D eigenvalue weighted by Gasteiger charge is -2.41. The lowest BCUT2D eigenvalue weighted by atomic mass is 9.88. The quantitative estimate of drug-likeness (QED) is 0.768. The maximum absolute atomic E-state index is 5.58. The van der Waals surface area contributed by atoms with Crippen molar-refractivity contribution < 1.29 is 4.74 Å². The van der Waals surface area contributed by atoms with Crippen LogP contribution in [0.5, 0.6) is 0 Å². The molecule has 0 amide bonds. The van der Waals surface area contributed by atoms with E-state index in [1.54, 1.807) is 0 Å². The van der Waals surface area contributed by atoms with Crippen molar-refractivity contribution in [2.24, 2.45) is 0 Å². The molecule has 2 heterocycles. The van der Waals surface area contributed by atoms with Crippen molar-refractivity contribution in [3.63, 3.8) is 0 Å². The SMILES string of the molecule is CC1(CNC2(C)CCCOC2)CCCCN1. The van der Waals surface area contributed by atoms with Crippen LogP contribution in [0.15, 0.2) is 0 Å². The summed E-state index contributed by atoms with van der Waals surface area (Å²) in [5.41, 5.74) is 0.485. The van der Waals surface area contributed by atoms with E-state index in [-0.39, 0.29) is 5.54 Å². The van der Waals surface area contributed by atoms with Crippen LogP contribution in [0, 0.1) is 0 Å².